The van der Waals surface area contributed by atoms with Crippen molar-refractivity contribution < 1.29 is 19.1 Å². The zero-order valence-corrected chi connectivity index (χ0v) is 15.7. The molecule has 0 spiro atoms. The molecular weight excluding hydrogens is 356 g/mol. The highest BCUT2D eigenvalue weighted by Crippen LogP contribution is 2.26. The van der Waals surface area contributed by atoms with E-state index in [0.717, 1.165) is 19.3 Å². The van der Waals surface area contributed by atoms with Gasteiger partial charge in [0, 0.05) is 23.4 Å². The SMILES string of the molecule is O=C(Nc1ccc(C(=O)N2CCCCC2C2OCCO2)cc1)c1ccccc1. The molecule has 0 radical (unpaired) electrons. The first-order valence-electron chi connectivity index (χ1n) is 9.73. The zero-order chi connectivity index (χ0) is 19.3. The molecule has 2 aromatic carbocycles. The number of ether oxygens (including phenoxy) is 2. The first-order valence-corrected chi connectivity index (χ1v) is 9.73. The third-order valence-corrected chi connectivity index (χ3v) is 5.20. The molecular formula is C22H24N2O4. The van der Waals surface area contributed by atoms with E-state index in [4.69, 9.17) is 9.47 Å². The lowest BCUT2D eigenvalue weighted by atomic mass is 10.00. The normalized spacial score (nSPS) is 20.1. The monoisotopic (exact) mass is 380 g/mol. The van der Waals surface area contributed by atoms with Crippen molar-refractivity contribution in [3.63, 3.8) is 0 Å². The number of nitrogens with zero attached hydrogens (tertiary/aromatic N) is 1. The molecule has 4 rings (SSSR count). The van der Waals surface area contributed by atoms with Crippen LogP contribution in [0.25, 0.3) is 0 Å². The Balaban J connectivity index is 1.43. The Morgan fingerprint density at radius 2 is 1.61 bits per heavy atom. The molecule has 0 aromatic heterocycles. The van der Waals surface area contributed by atoms with Gasteiger partial charge in [-0.3, -0.25) is 9.59 Å². The minimum atomic E-state index is -0.325. The average Bonchev–Trinajstić information content (AvgIpc) is 3.29. The molecule has 2 aromatic rings. The van der Waals surface area contributed by atoms with Crippen LogP contribution >= 0.6 is 0 Å². The molecule has 6 nitrogen and oxygen atoms in total. The van der Waals surface area contributed by atoms with E-state index in [1.807, 2.05) is 23.1 Å². The number of rotatable bonds is 4. The van der Waals surface area contributed by atoms with Crippen molar-refractivity contribution in [3.05, 3.63) is 65.7 Å². The van der Waals surface area contributed by atoms with Gasteiger partial charge in [0.15, 0.2) is 6.29 Å². The summed E-state index contributed by atoms with van der Waals surface area (Å²) in [5.74, 6) is -0.198. The van der Waals surface area contributed by atoms with Crippen LogP contribution in [0.4, 0.5) is 5.69 Å². The van der Waals surface area contributed by atoms with Gasteiger partial charge < -0.3 is 19.7 Å². The van der Waals surface area contributed by atoms with Crippen LogP contribution in [0, 0.1) is 0 Å². The molecule has 2 saturated heterocycles. The van der Waals surface area contributed by atoms with Crippen molar-refractivity contribution >= 4 is 17.5 Å². The van der Waals surface area contributed by atoms with E-state index in [0.29, 0.717) is 36.6 Å². The molecule has 2 aliphatic heterocycles. The molecule has 2 fully saturated rings. The van der Waals surface area contributed by atoms with Crippen molar-refractivity contribution in [3.8, 4) is 0 Å². The Labute approximate surface area is 164 Å². The van der Waals surface area contributed by atoms with E-state index in [2.05, 4.69) is 5.32 Å². The number of amides is 2. The lowest BCUT2D eigenvalue weighted by Gasteiger charge is -2.38. The largest absolute Gasteiger partial charge is 0.348 e. The third-order valence-electron chi connectivity index (χ3n) is 5.20. The Bertz CT molecular complexity index is 816. The molecule has 1 N–H and O–H groups in total. The summed E-state index contributed by atoms with van der Waals surface area (Å²) in [7, 11) is 0. The average molecular weight is 380 g/mol. The molecule has 146 valence electrons. The first-order chi connectivity index (χ1) is 13.7. The second-order valence-corrected chi connectivity index (χ2v) is 7.07. The van der Waals surface area contributed by atoms with E-state index in [-0.39, 0.29) is 24.1 Å². The minimum absolute atomic E-state index is 0.0234. The van der Waals surface area contributed by atoms with Crippen molar-refractivity contribution in [1.82, 2.24) is 4.90 Å². The van der Waals surface area contributed by atoms with E-state index in [1.54, 1.807) is 36.4 Å². The van der Waals surface area contributed by atoms with Crippen molar-refractivity contribution in [1.29, 1.82) is 0 Å². The number of anilines is 1. The van der Waals surface area contributed by atoms with Gasteiger partial charge in [0.2, 0.25) is 0 Å². The number of carbonyl (C=O) groups is 2. The number of likely N-dealkylation sites (tertiary alicyclic amines) is 1. The van der Waals surface area contributed by atoms with E-state index in [1.165, 1.54) is 0 Å². The summed E-state index contributed by atoms with van der Waals surface area (Å²) in [5, 5.41) is 2.85. The molecule has 1 unspecified atom stereocenters. The van der Waals surface area contributed by atoms with Gasteiger partial charge in [-0.25, -0.2) is 0 Å². The molecule has 0 aliphatic carbocycles. The predicted octanol–water partition coefficient (Wildman–Crippen LogP) is 3.31. The topological polar surface area (TPSA) is 67.9 Å². The number of hydrogen-bond donors (Lipinski definition) is 1. The molecule has 6 heteroatoms. The van der Waals surface area contributed by atoms with Gasteiger partial charge in [0.05, 0.1) is 19.3 Å². The highest BCUT2D eigenvalue weighted by Gasteiger charge is 2.36. The molecule has 2 heterocycles. The van der Waals surface area contributed by atoms with Crippen LogP contribution in [-0.2, 0) is 9.47 Å². The van der Waals surface area contributed by atoms with Gasteiger partial charge >= 0.3 is 0 Å². The highest BCUT2D eigenvalue weighted by atomic mass is 16.7. The quantitative estimate of drug-likeness (QED) is 0.884. The molecule has 0 bridgehead atoms. The van der Waals surface area contributed by atoms with Crippen molar-refractivity contribution in [2.45, 2.75) is 31.6 Å². The van der Waals surface area contributed by atoms with Gasteiger partial charge in [-0.2, -0.15) is 0 Å². The Hall–Kier alpha value is -2.70. The Morgan fingerprint density at radius 1 is 0.893 bits per heavy atom. The number of carbonyl (C=O) groups excluding carboxylic acids is 2. The van der Waals surface area contributed by atoms with Gasteiger partial charge in [-0.05, 0) is 55.7 Å². The van der Waals surface area contributed by atoms with Gasteiger partial charge in [0.1, 0.15) is 0 Å². The third kappa shape index (κ3) is 4.08. The van der Waals surface area contributed by atoms with Crippen LogP contribution in [0.3, 0.4) is 0 Å². The predicted molar refractivity (Wildman–Crippen MR) is 105 cm³/mol. The first kappa shape index (κ1) is 18.7. The second kappa shape index (κ2) is 8.54. The number of piperidine rings is 1. The molecule has 2 amide bonds. The maximum atomic E-state index is 13.0. The maximum Gasteiger partial charge on any atom is 0.255 e. The molecule has 2 aliphatic rings. The Morgan fingerprint density at radius 3 is 2.32 bits per heavy atom. The maximum absolute atomic E-state index is 13.0. The standard InChI is InChI=1S/C22H24N2O4/c25-20(16-6-2-1-3-7-16)23-18-11-9-17(10-12-18)21(26)24-13-5-4-8-19(24)22-27-14-15-28-22/h1-3,6-7,9-12,19,22H,4-5,8,13-15H2,(H,23,25). The highest BCUT2D eigenvalue weighted by molar-refractivity contribution is 6.04. The van der Waals surface area contributed by atoms with Crippen molar-refractivity contribution in [2.75, 3.05) is 25.1 Å². The Kier molecular flexibility index (Phi) is 5.69. The van der Waals surface area contributed by atoms with E-state index in [9.17, 15) is 9.59 Å². The van der Waals surface area contributed by atoms with Crippen LogP contribution < -0.4 is 5.32 Å². The molecule has 0 saturated carbocycles. The smallest absolute Gasteiger partial charge is 0.255 e. The summed E-state index contributed by atoms with van der Waals surface area (Å²) >= 11 is 0. The lowest BCUT2D eigenvalue weighted by Crippen LogP contribution is -2.50. The van der Waals surface area contributed by atoms with Crippen LogP contribution in [0.2, 0.25) is 0 Å². The summed E-state index contributed by atoms with van der Waals surface area (Å²) < 4.78 is 11.3. The van der Waals surface area contributed by atoms with Gasteiger partial charge in [-0.15, -0.1) is 0 Å². The fraction of sp³-hybridized carbons (Fsp3) is 0.364. The van der Waals surface area contributed by atoms with E-state index >= 15 is 0 Å². The second-order valence-electron chi connectivity index (χ2n) is 7.07. The zero-order valence-electron chi connectivity index (χ0n) is 15.7. The van der Waals surface area contributed by atoms with Crippen LogP contribution in [-0.4, -0.2) is 48.8 Å². The lowest BCUT2D eigenvalue weighted by molar-refractivity contribution is -0.100. The summed E-state index contributed by atoms with van der Waals surface area (Å²) in [6.07, 6.45) is 2.62. The fourth-order valence-electron chi connectivity index (χ4n) is 3.75. The van der Waals surface area contributed by atoms with Gasteiger partial charge in [-0.1, -0.05) is 18.2 Å². The van der Waals surface area contributed by atoms with Crippen LogP contribution in [0.5, 0.6) is 0 Å². The minimum Gasteiger partial charge on any atom is -0.348 e. The van der Waals surface area contributed by atoms with Crippen molar-refractivity contribution in [2.24, 2.45) is 0 Å². The number of hydrogen-bond acceptors (Lipinski definition) is 4. The number of nitrogens with one attached hydrogen (secondary N) is 1. The van der Waals surface area contributed by atoms with E-state index < -0.39 is 0 Å². The van der Waals surface area contributed by atoms with Gasteiger partial charge in [0.25, 0.3) is 11.8 Å². The summed E-state index contributed by atoms with van der Waals surface area (Å²) in [6, 6.07) is 16.0. The molecule has 1 atom stereocenters. The summed E-state index contributed by atoms with van der Waals surface area (Å²) in [5.41, 5.74) is 1.85. The summed E-state index contributed by atoms with van der Waals surface area (Å²) in [6.45, 7) is 1.87. The fourth-order valence-corrected chi connectivity index (χ4v) is 3.75. The summed E-state index contributed by atoms with van der Waals surface area (Å²) in [4.78, 5) is 27.2. The molecule has 28 heavy (non-hydrogen) atoms. The number of benzene rings is 2. The van der Waals surface area contributed by atoms with Crippen LogP contribution in [0.1, 0.15) is 40.0 Å². The van der Waals surface area contributed by atoms with Crippen LogP contribution in [0.15, 0.2) is 54.6 Å².